The molecule has 212 valence electrons. The Morgan fingerprint density at radius 1 is 1.03 bits per heavy atom. The van der Waals surface area contributed by atoms with Crippen molar-refractivity contribution >= 4 is 24.6 Å². The van der Waals surface area contributed by atoms with Gasteiger partial charge >= 0.3 is 6.09 Å². The summed E-state index contributed by atoms with van der Waals surface area (Å²) in [7, 11) is 1.66. The first kappa shape index (κ1) is 31.5. The molecule has 37 heavy (non-hydrogen) atoms. The second kappa shape index (κ2) is 13.9. The van der Waals surface area contributed by atoms with Crippen LogP contribution in [0.3, 0.4) is 0 Å². The summed E-state index contributed by atoms with van der Waals surface area (Å²) < 4.78 is 52.6. The van der Waals surface area contributed by atoms with Crippen molar-refractivity contribution in [3.63, 3.8) is 0 Å². The molecule has 3 atom stereocenters. The van der Waals surface area contributed by atoms with Gasteiger partial charge < -0.3 is 18.6 Å². The number of benzene rings is 1. The molecule has 1 fully saturated rings. The molecule has 0 aliphatic carbocycles. The Kier molecular flexibility index (Phi) is 11.8. The molecule has 0 N–H and O–H groups in total. The van der Waals surface area contributed by atoms with Gasteiger partial charge in [0.25, 0.3) is 10.2 Å². The molecule has 1 aromatic carbocycles. The lowest BCUT2D eigenvalue weighted by Crippen LogP contribution is -2.55. The number of nitrogens with zero attached hydrogens (tertiary/aromatic N) is 3. The van der Waals surface area contributed by atoms with Gasteiger partial charge in [0, 0.05) is 27.7 Å². The van der Waals surface area contributed by atoms with Gasteiger partial charge in [0.2, 0.25) is 0 Å². The van der Waals surface area contributed by atoms with E-state index in [9.17, 15) is 13.2 Å². The summed E-state index contributed by atoms with van der Waals surface area (Å²) in [4.78, 5) is 14.7. The van der Waals surface area contributed by atoms with Gasteiger partial charge in [-0.25, -0.2) is 4.79 Å². The Labute approximate surface area is 224 Å². The zero-order valence-electron chi connectivity index (χ0n) is 23.6. The fraction of sp³-hybridized carbons (Fsp3) is 0.720. The molecular formula is C25H45N3O7SSi. The van der Waals surface area contributed by atoms with E-state index in [1.54, 1.807) is 19.1 Å². The third-order valence-corrected chi connectivity index (χ3v) is 14.1. The van der Waals surface area contributed by atoms with E-state index in [4.69, 9.17) is 18.6 Å². The van der Waals surface area contributed by atoms with Crippen LogP contribution in [-0.2, 0) is 30.7 Å². The number of rotatable bonds is 14. The van der Waals surface area contributed by atoms with E-state index >= 15 is 0 Å². The normalized spacial score (nSPS) is 20.6. The molecule has 1 saturated heterocycles. The van der Waals surface area contributed by atoms with Crippen LogP contribution in [0.1, 0.15) is 32.8 Å². The van der Waals surface area contributed by atoms with Gasteiger partial charge in [-0.15, -0.1) is 0 Å². The lowest BCUT2D eigenvalue weighted by molar-refractivity contribution is 0.0555. The standard InChI is InChI=1S/C25H45N3O7SSi/c1-9-37(10-2,11-3)35-19-24-23(16-21(18-32-6)28(24)25(29)34-8)27(36(30,31)26(4)5)17-20-12-14-22(33-7)15-13-20/h12-15,21,23-24H,9-11,16-19H2,1-8H3/t21-,23-,24-/m0/s1. The molecule has 1 heterocycles. The minimum atomic E-state index is -3.86. The molecule has 0 bridgehead atoms. The van der Waals surface area contributed by atoms with Gasteiger partial charge in [-0.3, -0.25) is 4.90 Å². The molecule has 12 heteroatoms. The lowest BCUT2D eigenvalue weighted by atomic mass is 10.1. The Hall–Kier alpha value is -1.70. The van der Waals surface area contributed by atoms with Crippen molar-refractivity contribution < 1.29 is 31.8 Å². The van der Waals surface area contributed by atoms with Crippen molar-refractivity contribution in [3.8, 4) is 5.75 Å². The number of carbonyl (C=O) groups is 1. The molecule has 1 aromatic rings. The summed E-state index contributed by atoms with van der Waals surface area (Å²) in [6, 6.07) is 8.74. The predicted molar refractivity (Wildman–Crippen MR) is 146 cm³/mol. The van der Waals surface area contributed by atoms with E-state index in [0.717, 1.165) is 23.7 Å². The van der Waals surface area contributed by atoms with E-state index < -0.39 is 36.7 Å². The second-order valence-electron chi connectivity index (χ2n) is 9.60. The van der Waals surface area contributed by atoms with Crippen molar-refractivity contribution in [1.82, 2.24) is 13.5 Å². The lowest BCUT2D eigenvalue weighted by Gasteiger charge is -2.38. The molecule has 0 aromatic heterocycles. The number of amides is 1. The first-order chi connectivity index (χ1) is 17.5. The van der Waals surface area contributed by atoms with Crippen LogP contribution in [0.15, 0.2) is 24.3 Å². The molecule has 0 saturated carbocycles. The van der Waals surface area contributed by atoms with Crippen LogP contribution in [0.2, 0.25) is 18.1 Å². The SMILES string of the molecule is CC[Si](CC)(CC)OC[C@H]1[C@@H](N(Cc2ccc(OC)cc2)S(=O)(=O)N(C)C)C[C@@H](COC)N1C(=O)OC. The highest BCUT2D eigenvalue weighted by atomic mass is 32.2. The van der Waals surface area contributed by atoms with E-state index in [1.807, 2.05) is 24.3 Å². The molecular weight excluding hydrogens is 514 g/mol. The third kappa shape index (κ3) is 7.24. The van der Waals surface area contributed by atoms with E-state index in [1.165, 1.54) is 29.8 Å². The number of hydrogen-bond donors (Lipinski definition) is 0. The maximum atomic E-state index is 13.7. The number of methoxy groups -OCH3 is 3. The Bertz CT molecular complexity index is 949. The molecule has 0 unspecified atom stereocenters. The third-order valence-electron chi connectivity index (χ3n) is 7.57. The van der Waals surface area contributed by atoms with Crippen LogP contribution < -0.4 is 4.74 Å². The Morgan fingerprint density at radius 2 is 1.62 bits per heavy atom. The smallest absolute Gasteiger partial charge is 0.410 e. The summed E-state index contributed by atoms with van der Waals surface area (Å²) in [5, 5.41) is 0. The summed E-state index contributed by atoms with van der Waals surface area (Å²) >= 11 is 0. The maximum Gasteiger partial charge on any atom is 0.410 e. The monoisotopic (exact) mass is 559 g/mol. The highest BCUT2D eigenvalue weighted by Gasteiger charge is 2.50. The minimum absolute atomic E-state index is 0.137. The molecule has 10 nitrogen and oxygen atoms in total. The predicted octanol–water partition coefficient (Wildman–Crippen LogP) is 3.55. The molecule has 0 radical (unpaired) electrons. The van der Waals surface area contributed by atoms with Gasteiger partial charge in [-0.2, -0.15) is 17.0 Å². The van der Waals surface area contributed by atoms with Crippen LogP contribution in [-0.4, -0.2) is 103 Å². The molecule has 0 spiro atoms. The largest absolute Gasteiger partial charge is 0.497 e. The first-order valence-electron chi connectivity index (χ1n) is 12.8. The van der Waals surface area contributed by atoms with Gasteiger partial charge in [0.15, 0.2) is 8.32 Å². The summed E-state index contributed by atoms with van der Waals surface area (Å²) in [5.74, 6) is 0.690. The van der Waals surface area contributed by atoms with Gasteiger partial charge in [0.1, 0.15) is 5.75 Å². The average molecular weight is 560 g/mol. The zero-order chi connectivity index (χ0) is 27.8. The average Bonchev–Trinajstić information content (AvgIpc) is 3.25. The molecule has 1 aliphatic heterocycles. The number of hydrogen-bond acceptors (Lipinski definition) is 7. The second-order valence-corrected chi connectivity index (χ2v) is 16.5. The van der Waals surface area contributed by atoms with Crippen LogP contribution in [0, 0.1) is 0 Å². The highest BCUT2D eigenvalue weighted by Crippen LogP contribution is 2.35. The molecule has 2 rings (SSSR count). The van der Waals surface area contributed by atoms with E-state index in [-0.39, 0.29) is 25.8 Å². The Morgan fingerprint density at radius 3 is 2.08 bits per heavy atom. The van der Waals surface area contributed by atoms with Crippen molar-refractivity contribution in [1.29, 1.82) is 0 Å². The van der Waals surface area contributed by atoms with Crippen molar-refractivity contribution in [2.45, 2.75) is 70.0 Å². The molecule has 1 aliphatic rings. The minimum Gasteiger partial charge on any atom is -0.497 e. The summed E-state index contributed by atoms with van der Waals surface area (Å²) in [6.45, 7) is 7.07. The van der Waals surface area contributed by atoms with Crippen molar-refractivity contribution in [2.24, 2.45) is 0 Å². The number of likely N-dealkylation sites (tertiary alicyclic amines) is 1. The first-order valence-corrected chi connectivity index (χ1v) is 16.8. The van der Waals surface area contributed by atoms with Crippen LogP contribution >= 0.6 is 0 Å². The fourth-order valence-corrected chi connectivity index (χ4v) is 8.98. The fourth-order valence-electron chi connectivity index (χ4n) is 5.05. The van der Waals surface area contributed by atoms with E-state index in [0.29, 0.717) is 12.2 Å². The number of carbonyl (C=O) groups excluding carboxylic acids is 1. The van der Waals surface area contributed by atoms with Crippen LogP contribution in [0.25, 0.3) is 0 Å². The number of ether oxygens (including phenoxy) is 3. The molecule has 1 amide bonds. The van der Waals surface area contributed by atoms with E-state index in [2.05, 4.69) is 20.8 Å². The van der Waals surface area contributed by atoms with Crippen LogP contribution in [0.4, 0.5) is 4.79 Å². The Balaban J connectivity index is 2.57. The maximum absolute atomic E-state index is 13.7. The summed E-state index contributed by atoms with van der Waals surface area (Å²) in [5.41, 5.74) is 0.810. The van der Waals surface area contributed by atoms with Crippen molar-refractivity contribution in [3.05, 3.63) is 29.8 Å². The zero-order valence-corrected chi connectivity index (χ0v) is 25.4. The van der Waals surface area contributed by atoms with Crippen molar-refractivity contribution in [2.75, 3.05) is 48.6 Å². The topological polar surface area (TPSA) is 97.9 Å². The van der Waals surface area contributed by atoms with Crippen LogP contribution in [0.5, 0.6) is 5.75 Å². The van der Waals surface area contributed by atoms with Gasteiger partial charge in [0.05, 0.1) is 45.6 Å². The quantitative estimate of drug-likeness (QED) is 0.322. The van der Waals surface area contributed by atoms with Gasteiger partial charge in [-0.05, 0) is 42.2 Å². The highest BCUT2D eigenvalue weighted by molar-refractivity contribution is 7.86. The van der Waals surface area contributed by atoms with Gasteiger partial charge in [-0.1, -0.05) is 32.9 Å². The summed E-state index contributed by atoms with van der Waals surface area (Å²) in [6.07, 6.45) is -0.111.